The Hall–Kier alpha value is -1.80. The minimum Gasteiger partial charge on any atom is -0.496 e. The van der Waals surface area contributed by atoms with Gasteiger partial charge in [0.25, 0.3) is 0 Å². The van der Waals surface area contributed by atoms with Crippen LogP contribution in [0.5, 0.6) is 5.75 Å². The number of ether oxygens (including phenoxy) is 1. The van der Waals surface area contributed by atoms with Crippen LogP contribution in [0.3, 0.4) is 0 Å². The number of benzene rings is 2. The van der Waals surface area contributed by atoms with Crippen molar-refractivity contribution in [3.05, 3.63) is 65.2 Å². The molecular weight excluding hydrogens is 234 g/mol. The standard InChI is InChI=1S/C17H21NO/c1-14-12-16(8-9-17(14)19-2)13-18-11-10-15-6-4-3-5-7-15/h3-9,12,18H,10-11,13H2,1-2H3. The molecule has 0 radical (unpaired) electrons. The van der Waals surface area contributed by atoms with Gasteiger partial charge in [-0.05, 0) is 42.6 Å². The summed E-state index contributed by atoms with van der Waals surface area (Å²) in [5.74, 6) is 0.952. The summed E-state index contributed by atoms with van der Waals surface area (Å²) in [4.78, 5) is 0. The zero-order valence-corrected chi connectivity index (χ0v) is 11.6. The first-order chi connectivity index (χ1) is 9.29. The van der Waals surface area contributed by atoms with E-state index >= 15 is 0 Å². The van der Waals surface area contributed by atoms with E-state index in [1.54, 1.807) is 7.11 Å². The van der Waals surface area contributed by atoms with Gasteiger partial charge in [-0.3, -0.25) is 0 Å². The lowest BCUT2D eigenvalue weighted by Gasteiger charge is -2.08. The first-order valence-electron chi connectivity index (χ1n) is 6.68. The number of nitrogens with one attached hydrogen (secondary N) is 1. The molecule has 0 unspecified atom stereocenters. The van der Waals surface area contributed by atoms with E-state index in [9.17, 15) is 0 Å². The maximum Gasteiger partial charge on any atom is 0.121 e. The van der Waals surface area contributed by atoms with Crippen molar-refractivity contribution in [3.63, 3.8) is 0 Å². The van der Waals surface area contributed by atoms with E-state index in [1.165, 1.54) is 16.7 Å². The average Bonchev–Trinajstić information content (AvgIpc) is 2.45. The van der Waals surface area contributed by atoms with Crippen LogP contribution >= 0.6 is 0 Å². The van der Waals surface area contributed by atoms with Crippen molar-refractivity contribution in [2.24, 2.45) is 0 Å². The quantitative estimate of drug-likeness (QED) is 0.799. The second-order valence-electron chi connectivity index (χ2n) is 4.72. The van der Waals surface area contributed by atoms with Gasteiger partial charge in [0.05, 0.1) is 7.11 Å². The number of rotatable bonds is 6. The fourth-order valence-electron chi connectivity index (χ4n) is 2.16. The third kappa shape index (κ3) is 4.11. The van der Waals surface area contributed by atoms with Gasteiger partial charge in [-0.25, -0.2) is 0 Å². The summed E-state index contributed by atoms with van der Waals surface area (Å²) in [6, 6.07) is 16.9. The lowest BCUT2D eigenvalue weighted by atomic mass is 10.1. The molecule has 0 saturated heterocycles. The zero-order chi connectivity index (χ0) is 13.5. The molecule has 0 spiro atoms. The Balaban J connectivity index is 1.78. The molecule has 2 aromatic rings. The zero-order valence-electron chi connectivity index (χ0n) is 11.6. The molecule has 2 heteroatoms. The van der Waals surface area contributed by atoms with Gasteiger partial charge in [-0.2, -0.15) is 0 Å². The average molecular weight is 255 g/mol. The molecule has 2 aromatic carbocycles. The Morgan fingerprint density at radius 1 is 1.00 bits per heavy atom. The molecule has 0 amide bonds. The summed E-state index contributed by atoms with van der Waals surface area (Å²) >= 11 is 0. The molecule has 100 valence electrons. The Labute approximate surface area is 115 Å². The Morgan fingerprint density at radius 3 is 2.47 bits per heavy atom. The highest BCUT2D eigenvalue weighted by atomic mass is 16.5. The van der Waals surface area contributed by atoms with Crippen LogP contribution in [0.1, 0.15) is 16.7 Å². The molecule has 0 aromatic heterocycles. The van der Waals surface area contributed by atoms with E-state index in [4.69, 9.17) is 4.74 Å². The summed E-state index contributed by atoms with van der Waals surface area (Å²) in [6.45, 7) is 3.97. The Bertz CT molecular complexity index is 508. The highest BCUT2D eigenvalue weighted by molar-refractivity contribution is 5.36. The van der Waals surface area contributed by atoms with Gasteiger partial charge in [0.1, 0.15) is 5.75 Å². The fraction of sp³-hybridized carbons (Fsp3) is 0.294. The van der Waals surface area contributed by atoms with E-state index < -0.39 is 0 Å². The number of hydrogen-bond donors (Lipinski definition) is 1. The van der Waals surface area contributed by atoms with Gasteiger partial charge in [0, 0.05) is 6.54 Å². The molecular formula is C17H21NO. The van der Waals surface area contributed by atoms with Gasteiger partial charge >= 0.3 is 0 Å². The molecule has 1 N–H and O–H groups in total. The van der Waals surface area contributed by atoms with Crippen LogP contribution in [0.25, 0.3) is 0 Å². The molecule has 0 fully saturated rings. The molecule has 0 saturated carbocycles. The predicted octanol–water partition coefficient (Wildman–Crippen LogP) is 3.34. The van der Waals surface area contributed by atoms with Gasteiger partial charge in [0.2, 0.25) is 0 Å². The maximum absolute atomic E-state index is 5.26. The minimum atomic E-state index is 0.900. The van der Waals surface area contributed by atoms with Crippen molar-refractivity contribution >= 4 is 0 Å². The van der Waals surface area contributed by atoms with E-state index in [0.717, 1.165) is 25.3 Å². The van der Waals surface area contributed by atoms with E-state index in [-0.39, 0.29) is 0 Å². The predicted molar refractivity (Wildman–Crippen MR) is 79.6 cm³/mol. The third-order valence-electron chi connectivity index (χ3n) is 3.22. The SMILES string of the molecule is COc1ccc(CNCCc2ccccc2)cc1C. The second-order valence-corrected chi connectivity index (χ2v) is 4.72. The molecule has 0 atom stereocenters. The monoisotopic (exact) mass is 255 g/mol. The van der Waals surface area contributed by atoms with Crippen LogP contribution in [0.15, 0.2) is 48.5 Å². The van der Waals surface area contributed by atoms with Crippen molar-refractivity contribution in [3.8, 4) is 5.75 Å². The summed E-state index contributed by atoms with van der Waals surface area (Å²) in [6.07, 6.45) is 1.07. The highest BCUT2D eigenvalue weighted by Crippen LogP contribution is 2.18. The molecule has 0 heterocycles. The summed E-state index contributed by atoms with van der Waals surface area (Å²) in [5, 5.41) is 3.47. The van der Waals surface area contributed by atoms with E-state index in [0.29, 0.717) is 0 Å². The second kappa shape index (κ2) is 6.95. The lowest BCUT2D eigenvalue weighted by Crippen LogP contribution is -2.16. The summed E-state index contributed by atoms with van der Waals surface area (Å²) in [7, 11) is 1.71. The Morgan fingerprint density at radius 2 is 1.79 bits per heavy atom. The van der Waals surface area contributed by atoms with Crippen LogP contribution in [0.4, 0.5) is 0 Å². The van der Waals surface area contributed by atoms with Crippen LogP contribution in [-0.4, -0.2) is 13.7 Å². The van der Waals surface area contributed by atoms with Crippen LogP contribution in [0, 0.1) is 6.92 Å². The van der Waals surface area contributed by atoms with Crippen LogP contribution in [-0.2, 0) is 13.0 Å². The van der Waals surface area contributed by atoms with E-state index in [1.807, 2.05) is 6.07 Å². The van der Waals surface area contributed by atoms with Crippen molar-refractivity contribution < 1.29 is 4.74 Å². The first kappa shape index (κ1) is 13.6. The highest BCUT2D eigenvalue weighted by Gasteiger charge is 1.99. The van der Waals surface area contributed by atoms with E-state index in [2.05, 4.69) is 54.7 Å². The third-order valence-corrected chi connectivity index (χ3v) is 3.22. The molecule has 0 aliphatic rings. The first-order valence-corrected chi connectivity index (χ1v) is 6.68. The fourth-order valence-corrected chi connectivity index (χ4v) is 2.16. The number of methoxy groups -OCH3 is 1. The van der Waals surface area contributed by atoms with Gasteiger partial charge < -0.3 is 10.1 Å². The molecule has 19 heavy (non-hydrogen) atoms. The lowest BCUT2D eigenvalue weighted by molar-refractivity contribution is 0.411. The number of hydrogen-bond acceptors (Lipinski definition) is 2. The molecule has 0 bridgehead atoms. The van der Waals surface area contributed by atoms with Crippen molar-refractivity contribution in [1.82, 2.24) is 5.32 Å². The van der Waals surface area contributed by atoms with Gasteiger partial charge in [-0.15, -0.1) is 0 Å². The van der Waals surface area contributed by atoms with Crippen LogP contribution in [0.2, 0.25) is 0 Å². The van der Waals surface area contributed by atoms with Crippen molar-refractivity contribution in [1.29, 1.82) is 0 Å². The molecule has 0 aliphatic heterocycles. The van der Waals surface area contributed by atoms with Gasteiger partial charge in [-0.1, -0.05) is 42.5 Å². The minimum absolute atomic E-state index is 0.900. The normalized spacial score (nSPS) is 10.4. The number of aryl methyl sites for hydroxylation is 1. The van der Waals surface area contributed by atoms with Crippen LogP contribution < -0.4 is 10.1 Å². The summed E-state index contributed by atoms with van der Waals surface area (Å²) in [5.41, 5.74) is 3.86. The topological polar surface area (TPSA) is 21.3 Å². The van der Waals surface area contributed by atoms with Gasteiger partial charge in [0.15, 0.2) is 0 Å². The molecule has 0 aliphatic carbocycles. The summed E-state index contributed by atoms with van der Waals surface area (Å²) < 4.78 is 5.26. The van der Waals surface area contributed by atoms with Crippen molar-refractivity contribution in [2.45, 2.75) is 19.9 Å². The largest absolute Gasteiger partial charge is 0.496 e. The maximum atomic E-state index is 5.26. The molecule has 2 nitrogen and oxygen atoms in total. The smallest absolute Gasteiger partial charge is 0.121 e. The Kier molecular flexibility index (Phi) is 4.99. The van der Waals surface area contributed by atoms with Crippen molar-refractivity contribution in [2.75, 3.05) is 13.7 Å². The molecule has 2 rings (SSSR count).